The second-order valence-corrected chi connectivity index (χ2v) is 6.38. The zero-order valence-corrected chi connectivity index (χ0v) is 14.3. The average Bonchev–Trinajstić information content (AvgIpc) is 2.35. The number of likely N-dealkylation sites (N-methyl/N-ethyl adjacent to an activating group) is 1. The maximum absolute atomic E-state index is 11.8. The van der Waals surface area contributed by atoms with Gasteiger partial charge in [-0.2, -0.15) is 0 Å². The van der Waals surface area contributed by atoms with Gasteiger partial charge in [0.05, 0.1) is 6.54 Å². The number of hydrogen-bond donors (Lipinski definition) is 2. The van der Waals surface area contributed by atoms with Gasteiger partial charge in [0, 0.05) is 29.3 Å². The number of carbonyl (C=O) groups excluding carboxylic acids is 1. The van der Waals surface area contributed by atoms with E-state index in [1.807, 2.05) is 30.1 Å². The SMILES string of the molecule is CC(C)CNC(=O)CN(C)c1ccc(C(N)=S)c(Br)c1. The van der Waals surface area contributed by atoms with Crippen LogP contribution in [0.2, 0.25) is 0 Å². The quantitative estimate of drug-likeness (QED) is 0.766. The highest BCUT2D eigenvalue weighted by molar-refractivity contribution is 9.10. The van der Waals surface area contributed by atoms with Crippen LogP contribution >= 0.6 is 28.1 Å². The highest BCUT2D eigenvalue weighted by Gasteiger charge is 2.10. The Hall–Kier alpha value is -1.14. The van der Waals surface area contributed by atoms with Gasteiger partial charge < -0.3 is 16.0 Å². The fourth-order valence-corrected chi connectivity index (χ4v) is 2.51. The number of halogens is 1. The first-order chi connectivity index (χ1) is 9.31. The van der Waals surface area contributed by atoms with E-state index < -0.39 is 0 Å². The molecule has 110 valence electrons. The molecule has 4 nitrogen and oxygen atoms in total. The molecule has 0 saturated carbocycles. The van der Waals surface area contributed by atoms with Crippen LogP contribution in [0.4, 0.5) is 5.69 Å². The first-order valence-electron chi connectivity index (χ1n) is 6.38. The second-order valence-electron chi connectivity index (χ2n) is 5.08. The molecule has 20 heavy (non-hydrogen) atoms. The number of anilines is 1. The molecule has 0 aliphatic heterocycles. The van der Waals surface area contributed by atoms with Gasteiger partial charge in [-0.25, -0.2) is 0 Å². The third-order valence-electron chi connectivity index (χ3n) is 2.75. The van der Waals surface area contributed by atoms with E-state index in [0.29, 0.717) is 24.0 Å². The van der Waals surface area contributed by atoms with Crippen molar-refractivity contribution in [3.63, 3.8) is 0 Å². The summed E-state index contributed by atoms with van der Waals surface area (Å²) in [6.45, 7) is 5.13. The maximum Gasteiger partial charge on any atom is 0.239 e. The Morgan fingerprint density at radius 1 is 1.50 bits per heavy atom. The number of hydrogen-bond acceptors (Lipinski definition) is 3. The number of thiocarbonyl (C=S) groups is 1. The summed E-state index contributed by atoms with van der Waals surface area (Å²) < 4.78 is 0.830. The number of nitrogens with one attached hydrogen (secondary N) is 1. The minimum absolute atomic E-state index is 0.00995. The van der Waals surface area contributed by atoms with Crippen molar-refractivity contribution in [1.82, 2.24) is 5.32 Å². The zero-order valence-electron chi connectivity index (χ0n) is 11.9. The first-order valence-corrected chi connectivity index (χ1v) is 7.58. The topological polar surface area (TPSA) is 58.4 Å². The van der Waals surface area contributed by atoms with E-state index in [-0.39, 0.29) is 5.91 Å². The molecule has 0 heterocycles. The average molecular weight is 358 g/mol. The minimum atomic E-state index is 0.00995. The van der Waals surface area contributed by atoms with E-state index in [2.05, 4.69) is 35.1 Å². The van der Waals surface area contributed by atoms with Crippen molar-refractivity contribution in [2.45, 2.75) is 13.8 Å². The summed E-state index contributed by atoms with van der Waals surface area (Å²) in [4.78, 5) is 14.0. The van der Waals surface area contributed by atoms with Crippen molar-refractivity contribution in [3.8, 4) is 0 Å². The fourth-order valence-electron chi connectivity index (χ4n) is 1.62. The molecule has 0 aliphatic carbocycles. The lowest BCUT2D eigenvalue weighted by atomic mass is 10.2. The molecule has 6 heteroatoms. The molecule has 0 spiro atoms. The van der Waals surface area contributed by atoms with Gasteiger partial charge in [-0.05, 0) is 40.0 Å². The molecule has 3 N–H and O–H groups in total. The summed E-state index contributed by atoms with van der Waals surface area (Å²) in [6.07, 6.45) is 0. The van der Waals surface area contributed by atoms with Crippen molar-refractivity contribution >= 4 is 44.7 Å². The van der Waals surface area contributed by atoms with E-state index in [1.54, 1.807) is 0 Å². The Balaban J connectivity index is 2.68. The van der Waals surface area contributed by atoms with Gasteiger partial charge in [0.1, 0.15) is 4.99 Å². The second kappa shape index (κ2) is 7.59. The largest absolute Gasteiger partial charge is 0.389 e. The van der Waals surface area contributed by atoms with Crippen LogP contribution in [-0.2, 0) is 4.79 Å². The Kier molecular flexibility index (Phi) is 6.42. The van der Waals surface area contributed by atoms with Crippen LogP contribution < -0.4 is 16.0 Å². The van der Waals surface area contributed by atoms with E-state index in [0.717, 1.165) is 15.7 Å². The molecule has 0 aliphatic rings. The van der Waals surface area contributed by atoms with Crippen LogP contribution in [0.1, 0.15) is 19.4 Å². The van der Waals surface area contributed by atoms with Crippen molar-refractivity contribution in [1.29, 1.82) is 0 Å². The summed E-state index contributed by atoms with van der Waals surface area (Å²) in [5.41, 5.74) is 7.33. The van der Waals surface area contributed by atoms with Crippen LogP contribution in [0.15, 0.2) is 22.7 Å². The van der Waals surface area contributed by atoms with Gasteiger partial charge in [0.15, 0.2) is 0 Å². The maximum atomic E-state index is 11.8. The number of nitrogens with two attached hydrogens (primary N) is 1. The molecule has 0 aromatic heterocycles. The van der Waals surface area contributed by atoms with Crippen LogP contribution in [0.3, 0.4) is 0 Å². The van der Waals surface area contributed by atoms with Gasteiger partial charge in [-0.15, -0.1) is 0 Å². The lowest BCUT2D eigenvalue weighted by Crippen LogP contribution is -2.36. The Morgan fingerprint density at radius 3 is 2.65 bits per heavy atom. The molecule has 0 saturated heterocycles. The van der Waals surface area contributed by atoms with E-state index >= 15 is 0 Å². The van der Waals surface area contributed by atoms with E-state index in [4.69, 9.17) is 18.0 Å². The summed E-state index contributed by atoms with van der Waals surface area (Å²) in [5, 5.41) is 2.89. The normalized spacial score (nSPS) is 10.4. The number of carbonyl (C=O) groups is 1. The molecule has 0 unspecified atom stereocenters. The van der Waals surface area contributed by atoms with Crippen LogP contribution in [0.5, 0.6) is 0 Å². The number of nitrogens with zero attached hydrogens (tertiary/aromatic N) is 1. The molecule has 0 atom stereocenters. The third kappa shape index (κ3) is 5.09. The molecule has 1 amide bonds. The zero-order chi connectivity index (χ0) is 15.3. The summed E-state index contributed by atoms with van der Waals surface area (Å²) >= 11 is 8.39. The van der Waals surface area contributed by atoms with Crippen molar-refractivity contribution in [2.24, 2.45) is 11.7 Å². The predicted octanol–water partition coefficient (Wildman–Crippen LogP) is 2.29. The molecule has 1 aromatic carbocycles. The van der Waals surface area contributed by atoms with Gasteiger partial charge in [-0.1, -0.05) is 26.1 Å². The lowest BCUT2D eigenvalue weighted by Gasteiger charge is -2.20. The number of benzene rings is 1. The number of rotatable bonds is 6. The fraction of sp³-hybridized carbons (Fsp3) is 0.429. The molecule has 1 rings (SSSR count). The van der Waals surface area contributed by atoms with Crippen LogP contribution in [0, 0.1) is 5.92 Å². The van der Waals surface area contributed by atoms with Crippen molar-refractivity contribution in [2.75, 3.05) is 25.0 Å². The van der Waals surface area contributed by atoms with Crippen LogP contribution in [0.25, 0.3) is 0 Å². The standard InChI is InChI=1S/C14H20BrN3OS/c1-9(2)7-17-13(19)8-18(3)10-4-5-11(14(16)20)12(15)6-10/h4-6,9H,7-8H2,1-3H3,(H2,16,20)(H,17,19). The summed E-state index contributed by atoms with van der Waals surface area (Å²) in [6, 6.07) is 5.66. The Labute approximate surface area is 133 Å². The van der Waals surface area contributed by atoms with Gasteiger partial charge >= 0.3 is 0 Å². The summed E-state index contributed by atoms with van der Waals surface area (Å²) in [5.74, 6) is 0.457. The monoisotopic (exact) mass is 357 g/mol. The van der Waals surface area contributed by atoms with Gasteiger partial charge in [0.25, 0.3) is 0 Å². The van der Waals surface area contributed by atoms with Gasteiger partial charge in [0.2, 0.25) is 5.91 Å². The number of amides is 1. The highest BCUT2D eigenvalue weighted by Crippen LogP contribution is 2.23. The van der Waals surface area contributed by atoms with E-state index in [9.17, 15) is 4.79 Å². The molecule has 0 fully saturated rings. The smallest absolute Gasteiger partial charge is 0.239 e. The molecule has 0 radical (unpaired) electrons. The molecular weight excluding hydrogens is 338 g/mol. The minimum Gasteiger partial charge on any atom is -0.389 e. The lowest BCUT2D eigenvalue weighted by molar-refractivity contribution is -0.119. The van der Waals surface area contributed by atoms with Gasteiger partial charge in [-0.3, -0.25) is 4.79 Å². The first kappa shape index (κ1) is 16.9. The van der Waals surface area contributed by atoms with Crippen LogP contribution in [-0.4, -0.2) is 31.0 Å². The molecule has 1 aromatic rings. The molecular formula is C14H20BrN3OS. The Bertz CT molecular complexity index is 505. The third-order valence-corrected chi connectivity index (χ3v) is 3.62. The highest BCUT2D eigenvalue weighted by atomic mass is 79.9. The van der Waals surface area contributed by atoms with Crippen molar-refractivity contribution < 1.29 is 4.79 Å². The predicted molar refractivity (Wildman–Crippen MR) is 91.1 cm³/mol. The summed E-state index contributed by atoms with van der Waals surface area (Å²) in [7, 11) is 1.87. The van der Waals surface area contributed by atoms with E-state index in [1.165, 1.54) is 0 Å². The van der Waals surface area contributed by atoms with Crippen molar-refractivity contribution in [3.05, 3.63) is 28.2 Å². The Morgan fingerprint density at radius 2 is 2.15 bits per heavy atom. The molecule has 0 bridgehead atoms.